The molecule has 0 fully saturated rings. The molecule has 4 aromatic rings. The Morgan fingerprint density at radius 3 is 2.53 bits per heavy atom. The fraction of sp³-hybridized carbons (Fsp3) is 0.296. The molecule has 0 spiro atoms. The number of ether oxygens (including phenoxy) is 1. The number of methoxy groups -OCH3 is 1. The van der Waals surface area contributed by atoms with Crippen LogP contribution in [-0.2, 0) is 24.1 Å². The van der Waals surface area contributed by atoms with Crippen molar-refractivity contribution in [3.8, 4) is 5.75 Å². The number of aliphatic hydroxyl groups excluding tert-OH is 2. The van der Waals surface area contributed by atoms with E-state index in [0.717, 1.165) is 41.9 Å². The van der Waals surface area contributed by atoms with E-state index in [4.69, 9.17) is 4.74 Å². The fourth-order valence-electron chi connectivity index (χ4n) is 3.74. The quantitative estimate of drug-likeness (QED) is 0.150. The van der Waals surface area contributed by atoms with Gasteiger partial charge in [-0.1, -0.05) is 53.8 Å². The Labute approximate surface area is 224 Å². The number of nitrogens with one attached hydrogen (secondary N) is 2. The molecular formula is C27H30N6O4S. The van der Waals surface area contributed by atoms with E-state index >= 15 is 0 Å². The molecule has 2 aromatic carbocycles. The van der Waals surface area contributed by atoms with Crippen LogP contribution in [0.25, 0.3) is 0 Å². The highest BCUT2D eigenvalue weighted by Crippen LogP contribution is 2.24. The lowest BCUT2D eigenvalue weighted by Crippen LogP contribution is -2.26. The third kappa shape index (κ3) is 8.04. The average Bonchev–Trinajstić information content (AvgIpc) is 3.39. The molecule has 2 unspecified atom stereocenters. The third-order valence-electron chi connectivity index (χ3n) is 5.74. The summed E-state index contributed by atoms with van der Waals surface area (Å²) in [5.74, 6) is 0.897. The zero-order valence-electron chi connectivity index (χ0n) is 20.9. The van der Waals surface area contributed by atoms with Crippen molar-refractivity contribution in [3.63, 3.8) is 0 Å². The van der Waals surface area contributed by atoms with Gasteiger partial charge in [-0.25, -0.2) is 0 Å². The van der Waals surface area contributed by atoms with Crippen molar-refractivity contribution in [1.29, 1.82) is 0 Å². The molecular weight excluding hydrogens is 504 g/mol. The highest BCUT2D eigenvalue weighted by atomic mass is 32.1. The smallest absolute Gasteiger partial charge is 0.229 e. The number of aliphatic hydroxyl groups is 2. The number of benzene rings is 2. The van der Waals surface area contributed by atoms with E-state index in [1.807, 2.05) is 36.4 Å². The van der Waals surface area contributed by atoms with Crippen LogP contribution >= 0.6 is 11.3 Å². The summed E-state index contributed by atoms with van der Waals surface area (Å²) in [6.07, 6.45) is 1.13. The van der Waals surface area contributed by atoms with Gasteiger partial charge in [0.1, 0.15) is 16.9 Å². The van der Waals surface area contributed by atoms with Crippen LogP contribution in [0.15, 0.2) is 66.7 Å². The number of aryl methyl sites for hydroxylation is 2. The van der Waals surface area contributed by atoms with Crippen molar-refractivity contribution >= 4 is 28.2 Å². The number of nitrogens with zero attached hydrogens (tertiary/aromatic N) is 4. The molecule has 38 heavy (non-hydrogen) atoms. The number of carbonyl (C=O) groups is 1. The molecule has 0 saturated carbocycles. The summed E-state index contributed by atoms with van der Waals surface area (Å²) < 4.78 is 5.16. The van der Waals surface area contributed by atoms with E-state index in [0.29, 0.717) is 22.3 Å². The number of rotatable bonds is 13. The highest BCUT2D eigenvalue weighted by molar-refractivity contribution is 7.15. The minimum absolute atomic E-state index is 0.133. The maximum Gasteiger partial charge on any atom is 0.229 e. The van der Waals surface area contributed by atoms with Gasteiger partial charge in [0.05, 0.1) is 19.2 Å². The number of unbranched alkanes of at least 4 members (excludes halogenated alkanes) is 1. The van der Waals surface area contributed by atoms with Crippen LogP contribution in [0.1, 0.15) is 40.8 Å². The molecule has 0 aliphatic carbocycles. The number of amides is 1. The van der Waals surface area contributed by atoms with Crippen LogP contribution in [0.4, 0.5) is 10.9 Å². The summed E-state index contributed by atoms with van der Waals surface area (Å²) in [6.45, 7) is 0. The normalized spacial score (nSPS) is 12.5. The molecule has 0 radical (unpaired) electrons. The largest absolute Gasteiger partial charge is 0.497 e. The fourth-order valence-corrected chi connectivity index (χ4v) is 4.55. The molecule has 198 valence electrons. The summed E-state index contributed by atoms with van der Waals surface area (Å²) >= 11 is 1.34. The van der Waals surface area contributed by atoms with Gasteiger partial charge in [-0.3, -0.25) is 4.79 Å². The van der Waals surface area contributed by atoms with Crippen molar-refractivity contribution in [2.45, 2.75) is 44.4 Å². The van der Waals surface area contributed by atoms with Gasteiger partial charge in [0.25, 0.3) is 0 Å². The van der Waals surface area contributed by atoms with Crippen molar-refractivity contribution in [2.75, 3.05) is 17.7 Å². The van der Waals surface area contributed by atoms with Crippen LogP contribution in [0.5, 0.6) is 5.75 Å². The second-order valence-electron chi connectivity index (χ2n) is 8.64. The first-order chi connectivity index (χ1) is 18.5. The van der Waals surface area contributed by atoms with E-state index in [2.05, 4.69) is 31.0 Å². The second kappa shape index (κ2) is 13.6. The highest BCUT2D eigenvalue weighted by Gasteiger charge is 2.20. The molecule has 2 heterocycles. The Morgan fingerprint density at radius 2 is 1.76 bits per heavy atom. The van der Waals surface area contributed by atoms with Gasteiger partial charge >= 0.3 is 0 Å². The van der Waals surface area contributed by atoms with E-state index in [1.165, 1.54) is 11.3 Å². The summed E-state index contributed by atoms with van der Waals surface area (Å²) in [5, 5.41) is 44.2. The van der Waals surface area contributed by atoms with Crippen molar-refractivity contribution in [2.24, 2.45) is 0 Å². The Balaban J connectivity index is 1.17. The maximum absolute atomic E-state index is 12.2. The van der Waals surface area contributed by atoms with Crippen LogP contribution in [0.2, 0.25) is 0 Å². The lowest BCUT2D eigenvalue weighted by Gasteiger charge is -2.19. The number of hydrogen-bond acceptors (Lipinski definition) is 10. The summed E-state index contributed by atoms with van der Waals surface area (Å²) in [4.78, 5) is 12.2. The number of anilines is 2. The first-order valence-corrected chi connectivity index (χ1v) is 13.1. The van der Waals surface area contributed by atoms with Crippen LogP contribution in [0, 0.1) is 0 Å². The Kier molecular flexibility index (Phi) is 9.68. The zero-order chi connectivity index (χ0) is 26.7. The van der Waals surface area contributed by atoms with Gasteiger partial charge in [-0.15, -0.1) is 15.3 Å². The molecule has 2 atom stereocenters. The topological polar surface area (TPSA) is 142 Å². The van der Waals surface area contributed by atoms with Crippen molar-refractivity contribution in [1.82, 2.24) is 20.4 Å². The van der Waals surface area contributed by atoms with E-state index in [-0.39, 0.29) is 12.3 Å². The Hall–Kier alpha value is -3.93. The van der Waals surface area contributed by atoms with Crippen LogP contribution in [0.3, 0.4) is 0 Å². The molecule has 0 aliphatic heterocycles. The Morgan fingerprint density at radius 1 is 0.947 bits per heavy atom. The number of carbonyl (C=O) groups excluding carboxylic acids is 1. The monoisotopic (exact) mass is 534 g/mol. The molecule has 0 bridgehead atoms. The summed E-state index contributed by atoms with van der Waals surface area (Å²) in [5.41, 5.74) is 2.31. The molecule has 11 heteroatoms. The van der Waals surface area contributed by atoms with Gasteiger partial charge < -0.3 is 25.6 Å². The molecule has 4 rings (SSSR count). The van der Waals surface area contributed by atoms with Crippen LogP contribution < -0.4 is 15.4 Å². The number of hydrogen-bond donors (Lipinski definition) is 4. The Bertz CT molecular complexity index is 1300. The minimum Gasteiger partial charge on any atom is -0.497 e. The molecule has 0 aliphatic rings. The van der Waals surface area contributed by atoms with E-state index in [9.17, 15) is 15.0 Å². The second-order valence-corrected chi connectivity index (χ2v) is 9.70. The van der Waals surface area contributed by atoms with E-state index in [1.54, 1.807) is 37.4 Å². The number of aromatic nitrogens is 4. The minimum atomic E-state index is -1.24. The lowest BCUT2D eigenvalue weighted by molar-refractivity contribution is -0.115. The van der Waals surface area contributed by atoms with Crippen molar-refractivity contribution < 1.29 is 19.7 Å². The molecule has 10 nitrogen and oxygen atoms in total. The first kappa shape index (κ1) is 27.1. The zero-order valence-corrected chi connectivity index (χ0v) is 21.8. The molecule has 4 N–H and O–H groups in total. The standard InChI is InChI=1S/C27H30N6O4S/c1-37-21-12-7-10-19(17-21)25(35)26(36)29-27-33-32-24(38-27)13-6-5-11-20-14-15-22(31-30-20)28-23(34)16-18-8-3-2-4-9-18/h2-4,7-10,12,14-15,17,25-26,35-36H,5-6,11,13,16H2,1H3,(H,29,33)(H,28,31,34). The predicted octanol–water partition coefficient (Wildman–Crippen LogP) is 3.55. The predicted molar refractivity (Wildman–Crippen MR) is 145 cm³/mol. The summed E-state index contributed by atoms with van der Waals surface area (Å²) in [6, 6.07) is 20.1. The van der Waals surface area contributed by atoms with Crippen molar-refractivity contribution in [3.05, 3.63) is 88.6 Å². The molecule has 0 saturated heterocycles. The SMILES string of the molecule is COc1cccc(C(O)C(O)Nc2nnc(CCCCc3ccc(NC(=O)Cc4ccccc4)nn3)s2)c1. The first-order valence-electron chi connectivity index (χ1n) is 12.3. The third-order valence-corrected chi connectivity index (χ3v) is 6.66. The average molecular weight is 535 g/mol. The van der Waals surface area contributed by atoms with Gasteiger partial charge in [-0.2, -0.15) is 5.10 Å². The maximum atomic E-state index is 12.2. The molecule has 1 amide bonds. The van der Waals surface area contributed by atoms with Gasteiger partial charge in [0.15, 0.2) is 12.0 Å². The summed E-state index contributed by atoms with van der Waals surface area (Å²) in [7, 11) is 1.54. The van der Waals surface area contributed by atoms with Crippen LogP contribution in [-0.4, -0.2) is 49.9 Å². The van der Waals surface area contributed by atoms with Gasteiger partial charge in [0, 0.05) is 6.42 Å². The van der Waals surface area contributed by atoms with Gasteiger partial charge in [0.2, 0.25) is 11.0 Å². The van der Waals surface area contributed by atoms with E-state index < -0.39 is 12.3 Å². The molecule has 2 aromatic heterocycles. The lowest BCUT2D eigenvalue weighted by atomic mass is 10.1. The van der Waals surface area contributed by atoms with Gasteiger partial charge in [-0.05, 0) is 54.7 Å².